The van der Waals surface area contributed by atoms with Crippen LogP contribution in [0.25, 0.3) is 10.2 Å². The highest BCUT2D eigenvalue weighted by molar-refractivity contribution is 8.01. The van der Waals surface area contributed by atoms with Crippen LogP contribution >= 0.6 is 34.9 Å². The van der Waals surface area contributed by atoms with E-state index in [4.69, 9.17) is 4.74 Å². The number of para-hydroxylation sites is 1. The standard InChI is InChI=1S/C24H17F3N2O2S3/c1-2-31-15-8-9-16-21(12-15)34-23(28-16)32-13-22(30)29-17-5-3-4-6-19(17)33-20-10-7-14(11-18(20)29)24(25,26)27/h3-12H,2,13H2,1H3. The van der Waals surface area contributed by atoms with Gasteiger partial charge in [-0.3, -0.25) is 9.69 Å². The third-order valence-electron chi connectivity index (χ3n) is 5.07. The molecule has 0 saturated carbocycles. The lowest BCUT2D eigenvalue weighted by atomic mass is 10.1. The fourth-order valence-electron chi connectivity index (χ4n) is 3.59. The van der Waals surface area contributed by atoms with Crippen molar-refractivity contribution in [2.24, 2.45) is 0 Å². The number of anilines is 2. The molecule has 0 aliphatic carbocycles. The van der Waals surface area contributed by atoms with Crippen LogP contribution in [0.3, 0.4) is 0 Å². The molecule has 2 heterocycles. The van der Waals surface area contributed by atoms with Gasteiger partial charge in [-0.05, 0) is 55.5 Å². The Morgan fingerprint density at radius 1 is 1.06 bits per heavy atom. The van der Waals surface area contributed by atoms with Crippen LogP contribution in [-0.2, 0) is 11.0 Å². The summed E-state index contributed by atoms with van der Waals surface area (Å²) in [5.74, 6) is 0.477. The molecule has 0 spiro atoms. The van der Waals surface area contributed by atoms with Crippen LogP contribution < -0.4 is 9.64 Å². The Hall–Kier alpha value is -2.69. The third-order valence-corrected chi connectivity index (χ3v) is 8.35. The number of hydrogen-bond acceptors (Lipinski definition) is 6. The molecule has 0 N–H and O–H groups in total. The Labute approximate surface area is 206 Å². The highest BCUT2D eigenvalue weighted by Crippen LogP contribution is 2.49. The summed E-state index contributed by atoms with van der Waals surface area (Å²) in [4.78, 5) is 20.8. The number of alkyl halides is 3. The number of nitrogens with zero attached hydrogens (tertiary/aromatic N) is 2. The number of thiazole rings is 1. The normalized spacial score (nSPS) is 13.0. The van der Waals surface area contributed by atoms with E-state index < -0.39 is 11.7 Å². The van der Waals surface area contributed by atoms with Crippen LogP contribution in [0.5, 0.6) is 5.75 Å². The zero-order chi connectivity index (χ0) is 23.9. The lowest BCUT2D eigenvalue weighted by Gasteiger charge is -2.31. The van der Waals surface area contributed by atoms with E-state index in [1.54, 1.807) is 12.1 Å². The zero-order valence-electron chi connectivity index (χ0n) is 17.8. The molecular weight excluding hydrogens is 501 g/mol. The van der Waals surface area contributed by atoms with Crippen molar-refractivity contribution in [3.05, 3.63) is 66.2 Å². The van der Waals surface area contributed by atoms with Crippen LogP contribution in [0.15, 0.2) is 74.8 Å². The first-order valence-corrected chi connectivity index (χ1v) is 12.9. The maximum Gasteiger partial charge on any atom is 0.416 e. The SMILES string of the molecule is CCOc1ccc2nc(SCC(=O)N3c4ccccc4Sc4ccc(C(F)(F)F)cc43)sc2c1. The number of thioether (sulfide) groups is 1. The van der Waals surface area contributed by atoms with Crippen molar-refractivity contribution >= 4 is 62.4 Å². The summed E-state index contributed by atoms with van der Waals surface area (Å²) < 4.78 is 47.4. The van der Waals surface area contributed by atoms with Gasteiger partial charge in [-0.2, -0.15) is 13.2 Å². The fourth-order valence-corrected chi connectivity index (χ4v) is 6.57. The number of hydrogen-bond donors (Lipinski definition) is 0. The van der Waals surface area contributed by atoms with E-state index in [1.165, 1.54) is 45.8 Å². The van der Waals surface area contributed by atoms with Gasteiger partial charge in [-0.25, -0.2) is 4.98 Å². The Morgan fingerprint density at radius 3 is 2.65 bits per heavy atom. The molecule has 1 amide bonds. The average Bonchev–Trinajstić information content (AvgIpc) is 3.22. The van der Waals surface area contributed by atoms with Crippen molar-refractivity contribution < 1.29 is 22.7 Å². The van der Waals surface area contributed by atoms with Crippen LogP contribution in [0, 0.1) is 0 Å². The van der Waals surface area contributed by atoms with Gasteiger partial charge in [0.15, 0.2) is 4.34 Å². The summed E-state index contributed by atoms with van der Waals surface area (Å²) in [6, 6.07) is 16.4. The smallest absolute Gasteiger partial charge is 0.416 e. The summed E-state index contributed by atoms with van der Waals surface area (Å²) in [7, 11) is 0. The Kier molecular flexibility index (Phi) is 6.22. The monoisotopic (exact) mass is 518 g/mol. The fraction of sp³-hybridized carbons (Fsp3) is 0.167. The first-order valence-electron chi connectivity index (χ1n) is 10.3. The highest BCUT2D eigenvalue weighted by Gasteiger charge is 2.34. The minimum absolute atomic E-state index is 0.0345. The quantitative estimate of drug-likeness (QED) is 0.254. The molecule has 34 heavy (non-hydrogen) atoms. The van der Waals surface area contributed by atoms with E-state index in [-0.39, 0.29) is 17.3 Å². The molecule has 0 atom stereocenters. The summed E-state index contributed by atoms with van der Waals surface area (Å²) >= 11 is 4.08. The number of ether oxygens (including phenoxy) is 1. The van der Waals surface area contributed by atoms with Crippen LogP contribution in [-0.4, -0.2) is 23.3 Å². The van der Waals surface area contributed by atoms with E-state index in [1.807, 2.05) is 37.3 Å². The predicted octanol–water partition coefficient (Wildman–Crippen LogP) is 7.64. The Morgan fingerprint density at radius 2 is 1.85 bits per heavy atom. The molecule has 0 radical (unpaired) electrons. The van der Waals surface area contributed by atoms with Gasteiger partial charge in [-0.15, -0.1) is 11.3 Å². The van der Waals surface area contributed by atoms with Crippen LogP contribution in [0.2, 0.25) is 0 Å². The third kappa shape index (κ3) is 4.49. The number of halogens is 3. The minimum Gasteiger partial charge on any atom is -0.494 e. The number of aromatic nitrogens is 1. The van der Waals surface area contributed by atoms with Crippen LogP contribution in [0.4, 0.5) is 24.5 Å². The Balaban J connectivity index is 1.44. The molecule has 174 valence electrons. The molecule has 0 bridgehead atoms. The zero-order valence-corrected chi connectivity index (χ0v) is 20.2. The van der Waals surface area contributed by atoms with Crippen molar-refractivity contribution in [3.63, 3.8) is 0 Å². The molecule has 1 aliphatic heterocycles. The van der Waals surface area contributed by atoms with Crippen molar-refractivity contribution in [2.45, 2.75) is 27.2 Å². The molecular formula is C24H17F3N2O2S3. The summed E-state index contributed by atoms with van der Waals surface area (Å²) in [5, 5.41) is 0. The largest absolute Gasteiger partial charge is 0.494 e. The summed E-state index contributed by atoms with van der Waals surface area (Å²) in [6.07, 6.45) is -4.50. The summed E-state index contributed by atoms with van der Waals surface area (Å²) in [5.41, 5.74) is 0.849. The first kappa shape index (κ1) is 23.1. The van der Waals surface area contributed by atoms with Gasteiger partial charge in [0.05, 0.1) is 39.5 Å². The summed E-state index contributed by atoms with van der Waals surface area (Å²) in [6.45, 7) is 2.48. The van der Waals surface area contributed by atoms with Gasteiger partial charge in [0.1, 0.15) is 5.75 Å². The number of amides is 1. The number of benzene rings is 3. The number of rotatable bonds is 5. The molecule has 0 unspecified atom stereocenters. The van der Waals surface area contributed by atoms with Gasteiger partial charge >= 0.3 is 6.18 Å². The molecule has 10 heteroatoms. The average molecular weight is 519 g/mol. The second-order valence-electron chi connectivity index (χ2n) is 7.31. The molecule has 3 aromatic carbocycles. The lowest BCUT2D eigenvalue weighted by Crippen LogP contribution is -2.30. The molecule has 4 aromatic rings. The van der Waals surface area contributed by atoms with Crippen molar-refractivity contribution in [1.29, 1.82) is 0 Å². The molecule has 4 nitrogen and oxygen atoms in total. The predicted molar refractivity (Wildman–Crippen MR) is 131 cm³/mol. The van der Waals surface area contributed by atoms with E-state index in [0.717, 1.165) is 33.0 Å². The molecule has 0 fully saturated rings. The van der Waals surface area contributed by atoms with Crippen molar-refractivity contribution in [3.8, 4) is 5.75 Å². The first-order chi connectivity index (χ1) is 16.3. The molecule has 1 aromatic heterocycles. The van der Waals surface area contributed by atoms with E-state index >= 15 is 0 Å². The minimum atomic E-state index is -4.50. The van der Waals surface area contributed by atoms with Gasteiger partial charge in [0, 0.05) is 9.79 Å². The maximum absolute atomic E-state index is 13.4. The van der Waals surface area contributed by atoms with Gasteiger partial charge in [-0.1, -0.05) is 35.7 Å². The second-order valence-corrected chi connectivity index (χ2v) is 10.6. The number of carbonyl (C=O) groups is 1. The van der Waals surface area contributed by atoms with Gasteiger partial charge in [0.25, 0.3) is 0 Å². The van der Waals surface area contributed by atoms with Crippen LogP contribution in [0.1, 0.15) is 12.5 Å². The Bertz CT molecular complexity index is 1390. The number of fused-ring (bicyclic) bond motifs is 3. The maximum atomic E-state index is 13.4. The molecule has 0 saturated heterocycles. The second kappa shape index (κ2) is 9.16. The van der Waals surface area contributed by atoms with Crippen molar-refractivity contribution in [1.82, 2.24) is 4.98 Å². The highest BCUT2D eigenvalue weighted by atomic mass is 32.2. The lowest BCUT2D eigenvalue weighted by molar-refractivity contribution is -0.137. The van der Waals surface area contributed by atoms with Gasteiger partial charge in [0.2, 0.25) is 5.91 Å². The van der Waals surface area contributed by atoms with E-state index in [0.29, 0.717) is 21.5 Å². The van der Waals surface area contributed by atoms with Crippen molar-refractivity contribution in [2.75, 3.05) is 17.3 Å². The molecule has 1 aliphatic rings. The van der Waals surface area contributed by atoms with E-state index in [9.17, 15) is 18.0 Å². The van der Waals surface area contributed by atoms with E-state index in [2.05, 4.69) is 4.98 Å². The van der Waals surface area contributed by atoms with Gasteiger partial charge < -0.3 is 4.74 Å². The molecule has 5 rings (SSSR count). The topological polar surface area (TPSA) is 42.4 Å². The number of carbonyl (C=O) groups excluding carboxylic acids is 1.